The number of ether oxygens (including phenoxy) is 8. The number of allylic oxidation sites excluding steroid dienone is 2. The summed E-state index contributed by atoms with van der Waals surface area (Å²) in [5.41, 5.74) is -5.19. The summed E-state index contributed by atoms with van der Waals surface area (Å²) in [6, 6.07) is 0. The second kappa shape index (κ2) is 7.40. The van der Waals surface area contributed by atoms with Crippen molar-refractivity contribution in [2.45, 2.75) is 105 Å². The highest BCUT2D eigenvalue weighted by Crippen LogP contribution is 2.75. The van der Waals surface area contributed by atoms with Gasteiger partial charge in [0.2, 0.25) is 0 Å². The quantitative estimate of drug-likeness (QED) is 0.237. The fourth-order valence-corrected chi connectivity index (χ4v) is 9.44. The van der Waals surface area contributed by atoms with Gasteiger partial charge in [0.05, 0.1) is 36.4 Å². The Morgan fingerprint density at radius 3 is 2.54 bits per heavy atom. The van der Waals surface area contributed by atoms with Gasteiger partial charge >= 0.3 is 17.9 Å². The van der Waals surface area contributed by atoms with Crippen LogP contribution in [-0.2, 0) is 52.3 Å². The number of cyclic esters (lactones) is 1. The minimum atomic E-state index is -1.63. The molecule has 0 radical (unpaired) electrons. The van der Waals surface area contributed by atoms with Crippen LogP contribution in [0.1, 0.15) is 39.5 Å². The monoisotopic (exact) mass is 572 g/mol. The van der Waals surface area contributed by atoms with Crippen molar-refractivity contribution in [1.29, 1.82) is 0 Å². The SMILES string of the molecule is CC12CCC34COC(=O)C5OC56CCOC5(C=CC=CC(=O)OC7CC(OC3C1O2)C1(CO1)C74C)C(O)C(=O)OC56. The van der Waals surface area contributed by atoms with Crippen LogP contribution in [0.15, 0.2) is 24.3 Å². The third-order valence-electron chi connectivity index (χ3n) is 12.1. The average Bonchev–Trinajstić information content (AvgIpc) is 3.86. The number of epoxide rings is 3. The fraction of sp³-hybridized carbons (Fsp3) is 0.759. The van der Waals surface area contributed by atoms with Crippen molar-refractivity contribution in [3.8, 4) is 0 Å². The van der Waals surface area contributed by atoms with Gasteiger partial charge < -0.3 is 43.0 Å². The van der Waals surface area contributed by atoms with Crippen LogP contribution in [0.3, 0.4) is 0 Å². The zero-order valence-corrected chi connectivity index (χ0v) is 22.7. The number of aliphatic hydroxyl groups is 1. The summed E-state index contributed by atoms with van der Waals surface area (Å²) in [5.74, 6) is -2.01. The van der Waals surface area contributed by atoms with Gasteiger partial charge in [-0.3, -0.25) is 0 Å². The Kier molecular flexibility index (Phi) is 4.55. The molecule has 220 valence electrons. The molecule has 1 N–H and O–H groups in total. The van der Waals surface area contributed by atoms with E-state index in [9.17, 15) is 19.5 Å². The van der Waals surface area contributed by atoms with Crippen molar-refractivity contribution < 1.29 is 57.4 Å². The summed E-state index contributed by atoms with van der Waals surface area (Å²) in [5, 5.41) is 10.8. The van der Waals surface area contributed by atoms with Crippen molar-refractivity contribution in [2.24, 2.45) is 10.8 Å². The lowest BCUT2D eigenvalue weighted by Gasteiger charge is -2.58. The van der Waals surface area contributed by atoms with Crippen molar-refractivity contribution in [3.63, 3.8) is 0 Å². The molecule has 0 aromatic rings. The Balaban J connectivity index is 1.14. The number of hydrogen-bond donors (Lipinski definition) is 1. The fourth-order valence-electron chi connectivity index (χ4n) is 9.44. The van der Waals surface area contributed by atoms with Crippen molar-refractivity contribution in [2.75, 3.05) is 19.8 Å². The summed E-state index contributed by atoms with van der Waals surface area (Å²) in [4.78, 5) is 39.4. The van der Waals surface area contributed by atoms with E-state index in [1.165, 1.54) is 24.3 Å². The van der Waals surface area contributed by atoms with Crippen LogP contribution in [-0.4, -0.2) is 108 Å². The van der Waals surface area contributed by atoms with Crippen LogP contribution in [0.5, 0.6) is 0 Å². The van der Waals surface area contributed by atoms with E-state index in [2.05, 4.69) is 13.8 Å². The van der Waals surface area contributed by atoms with Crippen molar-refractivity contribution in [3.05, 3.63) is 24.3 Å². The number of rotatable bonds is 0. The normalized spacial score (nSPS) is 59.3. The zero-order valence-electron chi connectivity index (χ0n) is 22.7. The van der Waals surface area contributed by atoms with Crippen molar-refractivity contribution >= 4 is 17.9 Å². The predicted molar refractivity (Wildman–Crippen MR) is 131 cm³/mol. The molecule has 2 aliphatic carbocycles. The Morgan fingerprint density at radius 2 is 1.73 bits per heavy atom. The van der Waals surface area contributed by atoms with Crippen molar-refractivity contribution in [1.82, 2.24) is 0 Å². The van der Waals surface area contributed by atoms with Crippen LogP contribution >= 0.6 is 0 Å². The van der Waals surface area contributed by atoms with Gasteiger partial charge in [-0.1, -0.05) is 19.1 Å². The molecular formula is C29H32O12. The van der Waals surface area contributed by atoms with E-state index in [4.69, 9.17) is 37.9 Å². The maximum Gasteiger partial charge on any atom is 0.339 e. The minimum Gasteiger partial charge on any atom is -0.463 e. The lowest BCUT2D eigenvalue weighted by atomic mass is 9.50. The third kappa shape index (κ3) is 2.76. The summed E-state index contributed by atoms with van der Waals surface area (Å²) < 4.78 is 48.8. The molecule has 7 aliphatic heterocycles. The summed E-state index contributed by atoms with van der Waals surface area (Å²) in [6.45, 7) is 4.74. The summed E-state index contributed by atoms with van der Waals surface area (Å²) in [7, 11) is 0. The van der Waals surface area contributed by atoms with Gasteiger partial charge in [-0.25, -0.2) is 14.4 Å². The Hall–Kier alpha value is -2.35. The van der Waals surface area contributed by atoms with Gasteiger partial charge in [0, 0.05) is 24.3 Å². The largest absolute Gasteiger partial charge is 0.463 e. The lowest BCUT2D eigenvalue weighted by molar-refractivity contribution is -0.251. The van der Waals surface area contributed by atoms with Gasteiger partial charge in [0.1, 0.15) is 30.0 Å². The Bertz CT molecular complexity index is 1340. The highest BCUT2D eigenvalue weighted by Gasteiger charge is 2.87. The molecule has 0 aromatic carbocycles. The molecule has 2 saturated carbocycles. The van der Waals surface area contributed by atoms with Gasteiger partial charge in [0.15, 0.2) is 23.9 Å². The van der Waals surface area contributed by atoms with Crippen LogP contribution in [0.2, 0.25) is 0 Å². The Morgan fingerprint density at radius 1 is 0.902 bits per heavy atom. The highest BCUT2D eigenvalue weighted by molar-refractivity contribution is 5.84. The number of carbonyl (C=O) groups is 3. The predicted octanol–water partition coefficient (Wildman–Crippen LogP) is 0.0345. The number of hydrogen-bond acceptors (Lipinski definition) is 12. The zero-order chi connectivity index (χ0) is 28.2. The standard InChI is InChI=1S/C29H32O12/c1-24-7-8-26-12-34-22(33)20-28(41-20)9-10-35-27(17(31)21(32)39-23(27)28)6-4-3-5-16(30)37-14-11-15(38-19(26)18(24)40-24)29(13-36-29)25(14,26)2/h3-6,14-15,17-20,23,31H,7-13H2,1-2H3. The molecule has 0 aromatic heterocycles. The maximum atomic E-state index is 13.7. The molecule has 3 spiro atoms. The molecule has 13 atom stereocenters. The number of esters is 3. The first-order chi connectivity index (χ1) is 19.6. The molecule has 6 saturated heterocycles. The maximum absolute atomic E-state index is 13.7. The number of carbonyl (C=O) groups excluding carboxylic acids is 3. The molecule has 8 fully saturated rings. The van der Waals surface area contributed by atoms with Gasteiger partial charge in [-0.2, -0.15) is 0 Å². The average molecular weight is 573 g/mol. The van der Waals surface area contributed by atoms with E-state index in [-0.39, 0.29) is 43.5 Å². The molecule has 9 aliphatic rings. The van der Waals surface area contributed by atoms with Crippen LogP contribution in [0.4, 0.5) is 0 Å². The van der Waals surface area contributed by atoms with Gasteiger partial charge in [-0.05, 0) is 25.8 Å². The molecule has 13 unspecified atom stereocenters. The van der Waals surface area contributed by atoms with Crippen LogP contribution in [0, 0.1) is 10.8 Å². The third-order valence-corrected chi connectivity index (χ3v) is 12.1. The van der Waals surface area contributed by atoms with Gasteiger partial charge in [-0.15, -0.1) is 0 Å². The molecule has 7 heterocycles. The van der Waals surface area contributed by atoms with E-state index in [1.54, 1.807) is 0 Å². The van der Waals surface area contributed by atoms with E-state index in [0.29, 0.717) is 19.4 Å². The molecule has 41 heavy (non-hydrogen) atoms. The molecule has 12 heteroatoms. The second-order valence-electron chi connectivity index (χ2n) is 13.5. The first kappa shape index (κ1) is 25.2. The summed E-state index contributed by atoms with van der Waals surface area (Å²) in [6.07, 6.45) is 2.77. The number of fused-ring (bicyclic) bond motifs is 2. The smallest absolute Gasteiger partial charge is 0.339 e. The van der Waals surface area contributed by atoms with E-state index in [0.717, 1.165) is 6.42 Å². The summed E-state index contributed by atoms with van der Waals surface area (Å²) >= 11 is 0. The second-order valence-corrected chi connectivity index (χ2v) is 13.5. The lowest BCUT2D eigenvalue weighted by Crippen LogP contribution is -2.69. The Labute approximate surface area is 235 Å². The topological polar surface area (TPSA) is 155 Å². The minimum absolute atomic E-state index is 0.00474. The highest BCUT2D eigenvalue weighted by atomic mass is 16.7. The molecule has 9 rings (SSSR count). The van der Waals surface area contributed by atoms with Gasteiger partial charge in [0.25, 0.3) is 0 Å². The molecular weight excluding hydrogens is 540 g/mol. The molecule has 0 amide bonds. The van der Waals surface area contributed by atoms with E-state index in [1.807, 2.05) is 0 Å². The first-order valence-corrected chi connectivity index (χ1v) is 14.5. The first-order valence-electron chi connectivity index (χ1n) is 14.5. The molecule has 4 bridgehead atoms. The van der Waals surface area contributed by atoms with Crippen LogP contribution in [0.25, 0.3) is 0 Å². The van der Waals surface area contributed by atoms with Crippen LogP contribution < -0.4 is 0 Å². The van der Waals surface area contributed by atoms with E-state index < -0.39 is 70.0 Å². The van der Waals surface area contributed by atoms with E-state index >= 15 is 0 Å². The number of aliphatic hydroxyl groups excluding tert-OH is 1. The molecule has 12 nitrogen and oxygen atoms in total.